The van der Waals surface area contributed by atoms with E-state index < -0.39 is 0 Å². The highest BCUT2D eigenvalue weighted by Crippen LogP contribution is 2.19. The fourth-order valence-electron chi connectivity index (χ4n) is 3.11. The number of hydrogen-bond acceptors (Lipinski definition) is 5. The molecule has 1 aliphatic heterocycles. The van der Waals surface area contributed by atoms with Gasteiger partial charge in [-0.1, -0.05) is 0 Å². The molecule has 0 atom stereocenters. The molecule has 0 N–H and O–H groups in total. The zero-order valence-electron chi connectivity index (χ0n) is 18.2. The molecule has 0 aromatic carbocycles. The molecule has 1 aliphatic rings. The molecule has 0 spiro atoms. The molecule has 0 radical (unpaired) electrons. The van der Waals surface area contributed by atoms with Crippen molar-refractivity contribution in [2.75, 3.05) is 32.8 Å². The molecule has 0 unspecified atom stereocenters. The van der Waals surface area contributed by atoms with Crippen LogP contribution in [0.1, 0.15) is 60.8 Å². The molecule has 0 saturated heterocycles. The Morgan fingerprint density at radius 1 is 0.929 bits per heavy atom. The molecule has 28 heavy (non-hydrogen) atoms. The molecule has 160 valence electrons. The highest BCUT2D eigenvalue weighted by molar-refractivity contribution is 6.13. The van der Waals surface area contributed by atoms with Crippen LogP contribution in [0.5, 0.6) is 0 Å². The minimum Gasteiger partial charge on any atom is -0.376 e. The van der Waals surface area contributed by atoms with Crippen molar-refractivity contribution >= 4 is 17.7 Å². The van der Waals surface area contributed by atoms with Crippen LogP contribution < -0.4 is 0 Å². The molecular weight excluding hydrogens is 360 g/mol. The van der Waals surface area contributed by atoms with Gasteiger partial charge in [-0.25, -0.2) is 0 Å². The van der Waals surface area contributed by atoms with E-state index in [0.717, 1.165) is 4.90 Å². The second-order valence-corrected chi connectivity index (χ2v) is 8.18. The van der Waals surface area contributed by atoms with Crippen LogP contribution >= 0.6 is 0 Å². The van der Waals surface area contributed by atoms with E-state index in [2.05, 4.69) is 0 Å². The molecule has 1 heterocycles. The molecule has 0 saturated carbocycles. The van der Waals surface area contributed by atoms with E-state index >= 15 is 0 Å². The molecule has 0 aromatic rings. The van der Waals surface area contributed by atoms with Crippen LogP contribution in [0.25, 0.3) is 0 Å². The lowest BCUT2D eigenvalue weighted by atomic mass is 10.0. The van der Waals surface area contributed by atoms with Gasteiger partial charge in [0.1, 0.15) is 0 Å². The first kappa shape index (κ1) is 24.3. The molecular formula is C21H36N2O5. The Morgan fingerprint density at radius 2 is 1.36 bits per heavy atom. The molecule has 3 amide bonds. The van der Waals surface area contributed by atoms with Crippen LogP contribution in [0, 0.1) is 0 Å². The van der Waals surface area contributed by atoms with Crippen LogP contribution in [0.2, 0.25) is 0 Å². The maximum atomic E-state index is 12.8. The first-order valence-electron chi connectivity index (χ1n) is 10.1. The SMILES string of the molecule is CCOC(C)(C)CCN(CCC(C)(C)OCC)C(=O)CCN1C(=O)C=CC1=O. The zero-order chi connectivity index (χ0) is 21.4. The van der Waals surface area contributed by atoms with Crippen molar-refractivity contribution in [3.8, 4) is 0 Å². The number of hydrogen-bond donors (Lipinski definition) is 0. The summed E-state index contributed by atoms with van der Waals surface area (Å²) < 4.78 is 11.5. The Bertz CT molecular complexity index is 543. The fraction of sp³-hybridized carbons (Fsp3) is 0.762. The lowest BCUT2D eigenvalue weighted by molar-refractivity contribution is -0.138. The largest absolute Gasteiger partial charge is 0.376 e. The van der Waals surface area contributed by atoms with Crippen LogP contribution in [0.3, 0.4) is 0 Å². The van der Waals surface area contributed by atoms with Gasteiger partial charge in [-0.05, 0) is 54.4 Å². The van der Waals surface area contributed by atoms with E-state index in [9.17, 15) is 14.4 Å². The van der Waals surface area contributed by atoms with Crippen molar-refractivity contribution in [1.29, 1.82) is 0 Å². The second-order valence-electron chi connectivity index (χ2n) is 8.18. The number of amides is 3. The van der Waals surface area contributed by atoms with Gasteiger partial charge in [-0.3, -0.25) is 19.3 Å². The first-order valence-corrected chi connectivity index (χ1v) is 10.1. The lowest BCUT2D eigenvalue weighted by Gasteiger charge is -2.32. The summed E-state index contributed by atoms with van der Waals surface area (Å²) in [5.41, 5.74) is -0.652. The van der Waals surface area contributed by atoms with Crippen molar-refractivity contribution < 1.29 is 23.9 Å². The molecule has 7 nitrogen and oxygen atoms in total. The van der Waals surface area contributed by atoms with Crippen LogP contribution in [-0.2, 0) is 23.9 Å². The van der Waals surface area contributed by atoms with Crippen LogP contribution in [0.4, 0.5) is 0 Å². The van der Waals surface area contributed by atoms with Gasteiger partial charge in [0.2, 0.25) is 5.91 Å². The Labute approximate surface area is 169 Å². The van der Waals surface area contributed by atoms with Gasteiger partial charge in [-0.15, -0.1) is 0 Å². The van der Waals surface area contributed by atoms with E-state index in [4.69, 9.17) is 9.47 Å². The van der Waals surface area contributed by atoms with E-state index in [-0.39, 0.29) is 41.9 Å². The lowest BCUT2D eigenvalue weighted by Crippen LogP contribution is -2.42. The monoisotopic (exact) mass is 396 g/mol. The number of ether oxygens (including phenoxy) is 2. The Hall–Kier alpha value is -1.73. The van der Waals surface area contributed by atoms with Crippen molar-refractivity contribution in [3.05, 3.63) is 12.2 Å². The van der Waals surface area contributed by atoms with Gasteiger partial charge in [-0.2, -0.15) is 0 Å². The number of rotatable bonds is 13. The molecule has 0 aliphatic carbocycles. The number of imide groups is 1. The minimum atomic E-state index is -0.362. The summed E-state index contributed by atoms with van der Waals surface area (Å²) in [6, 6.07) is 0. The highest BCUT2D eigenvalue weighted by Gasteiger charge is 2.27. The average Bonchev–Trinajstić information content (AvgIpc) is 2.90. The van der Waals surface area contributed by atoms with Crippen molar-refractivity contribution in [2.24, 2.45) is 0 Å². The molecule has 0 bridgehead atoms. The van der Waals surface area contributed by atoms with Crippen LogP contribution in [-0.4, -0.2) is 71.6 Å². The van der Waals surface area contributed by atoms with Crippen molar-refractivity contribution in [1.82, 2.24) is 9.80 Å². The minimum absolute atomic E-state index is 0.0768. The Morgan fingerprint density at radius 3 is 1.75 bits per heavy atom. The molecule has 1 rings (SSSR count). The van der Waals surface area contributed by atoms with Crippen LogP contribution in [0.15, 0.2) is 12.2 Å². The van der Waals surface area contributed by atoms with Gasteiger partial charge >= 0.3 is 0 Å². The first-order chi connectivity index (χ1) is 13.0. The van der Waals surface area contributed by atoms with E-state index in [1.165, 1.54) is 12.2 Å². The summed E-state index contributed by atoms with van der Waals surface area (Å²) in [6.07, 6.45) is 3.98. The Kier molecular flexibility index (Phi) is 9.30. The fourth-order valence-corrected chi connectivity index (χ4v) is 3.11. The van der Waals surface area contributed by atoms with E-state index in [1.54, 1.807) is 4.90 Å². The summed E-state index contributed by atoms with van der Waals surface area (Å²) in [5.74, 6) is -0.800. The average molecular weight is 397 g/mol. The van der Waals surface area contributed by atoms with E-state index in [1.807, 2.05) is 41.5 Å². The summed E-state index contributed by atoms with van der Waals surface area (Å²) in [4.78, 5) is 39.1. The van der Waals surface area contributed by atoms with Crippen molar-refractivity contribution in [2.45, 2.75) is 72.0 Å². The quantitative estimate of drug-likeness (QED) is 0.447. The predicted molar refractivity (Wildman–Crippen MR) is 108 cm³/mol. The molecule has 0 fully saturated rings. The Balaban J connectivity index is 2.70. The summed E-state index contributed by atoms with van der Waals surface area (Å²) in [5, 5.41) is 0. The van der Waals surface area contributed by atoms with Gasteiger partial charge < -0.3 is 14.4 Å². The summed E-state index contributed by atoms with van der Waals surface area (Å²) in [6.45, 7) is 14.4. The standard InChI is InChI=1S/C21H36N2O5/c1-7-27-20(3,4)12-15-22(16-13-21(5,6)28-8-2)17(24)11-14-23-18(25)9-10-19(23)26/h9-10H,7-8,11-16H2,1-6H3. The second kappa shape index (κ2) is 10.7. The van der Waals surface area contributed by atoms with Gasteiger partial charge in [0.15, 0.2) is 0 Å². The van der Waals surface area contributed by atoms with Gasteiger partial charge in [0, 0.05) is 51.4 Å². The smallest absolute Gasteiger partial charge is 0.253 e. The van der Waals surface area contributed by atoms with Gasteiger partial charge in [0.05, 0.1) is 11.2 Å². The summed E-state index contributed by atoms with van der Waals surface area (Å²) in [7, 11) is 0. The molecule has 0 aromatic heterocycles. The third-order valence-corrected chi connectivity index (χ3v) is 4.84. The zero-order valence-corrected chi connectivity index (χ0v) is 18.2. The van der Waals surface area contributed by atoms with Gasteiger partial charge in [0.25, 0.3) is 11.8 Å². The molecule has 7 heteroatoms. The topological polar surface area (TPSA) is 76.2 Å². The van der Waals surface area contributed by atoms with E-state index in [0.29, 0.717) is 39.1 Å². The predicted octanol–water partition coefficient (Wildman–Crippen LogP) is 2.54. The third kappa shape index (κ3) is 8.10. The number of carbonyl (C=O) groups excluding carboxylic acids is 3. The third-order valence-electron chi connectivity index (χ3n) is 4.84. The maximum Gasteiger partial charge on any atom is 0.253 e. The maximum absolute atomic E-state index is 12.8. The summed E-state index contributed by atoms with van der Waals surface area (Å²) >= 11 is 0. The van der Waals surface area contributed by atoms with Crippen molar-refractivity contribution in [3.63, 3.8) is 0 Å². The normalized spacial score (nSPS) is 14.9. The number of nitrogens with zero attached hydrogens (tertiary/aromatic N) is 2. The highest BCUT2D eigenvalue weighted by atomic mass is 16.5. The number of carbonyl (C=O) groups is 3.